The average Bonchev–Trinajstić information content (AvgIpc) is 2.30. The van der Waals surface area contributed by atoms with Gasteiger partial charge in [-0.3, -0.25) is 0 Å². The van der Waals surface area contributed by atoms with Gasteiger partial charge >= 0.3 is 0 Å². The van der Waals surface area contributed by atoms with Crippen molar-refractivity contribution in [3.05, 3.63) is 24.3 Å². The zero-order valence-corrected chi connectivity index (χ0v) is 11.0. The van der Waals surface area contributed by atoms with Crippen molar-refractivity contribution < 1.29 is 4.74 Å². The molecule has 1 aromatic rings. The van der Waals surface area contributed by atoms with Crippen LogP contribution >= 0.6 is 0 Å². The molecule has 0 saturated carbocycles. The maximum atomic E-state index is 5.65. The highest BCUT2D eigenvalue weighted by molar-refractivity contribution is 5.49. The van der Waals surface area contributed by atoms with Crippen LogP contribution in [0.5, 0.6) is 5.75 Å². The van der Waals surface area contributed by atoms with E-state index in [1.54, 1.807) is 0 Å². The number of rotatable bonds is 3. The summed E-state index contributed by atoms with van der Waals surface area (Å²) in [7, 11) is 2.18. The Morgan fingerprint density at radius 2 is 1.59 bits per heavy atom. The van der Waals surface area contributed by atoms with Gasteiger partial charge in [0.1, 0.15) is 5.75 Å². The molecule has 1 aliphatic rings. The smallest absolute Gasteiger partial charge is 0.119 e. The maximum absolute atomic E-state index is 5.65. The molecule has 0 amide bonds. The summed E-state index contributed by atoms with van der Waals surface area (Å²) in [6.07, 6.45) is 0.240. The van der Waals surface area contributed by atoms with E-state index in [9.17, 15) is 0 Å². The predicted molar refractivity (Wildman–Crippen MR) is 71.9 cm³/mol. The summed E-state index contributed by atoms with van der Waals surface area (Å²) < 4.78 is 5.65. The van der Waals surface area contributed by atoms with Gasteiger partial charge in [0.05, 0.1) is 6.10 Å². The summed E-state index contributed by atoms with van der Waals surface area (Å²) in [5.41, 5.74) is 1.30. The molecule has 94 valence electrons. The first-order valence-corrected chi connectivity index (χ1v) is 6.35. The number of hydrogen-bond donors (Lipinski definition) is 0. The number of hydrogen-bond acceptors (Lipinski definition) is 3. The highest BCUT2D eigenvalue weighted by Gasteiger charge is 2.13. The van der Waals surface area contributed by atoms with E-state index < -0.39 is 0 Å². The van der Waals surface area contributed by atoms with Crippen LogP contribution in [0.3, 0.4) is 0 Å². The van der Waals surface area contributed by atoms with Crippen LogP contribution in [0.2, 0.25) is 0 Å². The summed E-state index contributed by atoms with van der Waals surface area (Å²) in [4.78, 5) is 4.80. The van der Waals surface area contributed by atoms with E-state index in [-0.39, 0.29) is 6.10 Å². The quantitative estimate of drug-likeness (QED) is 0.797. The minimum absolute atomic E-state index is 0.240. The predicted octanol–water partition coefficient (Wildman–Crippen LogP) is 2.23. The normalized spacial score (nSPS) is 17.5. The summed E-state index contributed by atoms with van der Waals surface area (Å²) >= 11 is 0. The Hall–Kier alpha value is -1.22. The molecule has 0 unspecified atom stereocenters. The van der Waals surface area contributed by atoms with Gasteiger partial charge in [-0.2, -0.15) is 0 Å². The van der Waals surface area contributed by atoms with E-state index in [2.05, 4.69) is 41.1 Å². The van der Waals surface area contributed by atoms with Gasteiger partial charge in [0, 0.05) is 31.9 Å². The lowest BCUT2D eigenvalue weighted by Crippen LogP contribution is -2.44. The second-order valence-electron chi connectivity index (χ2n) is 4.95. The van der Waals surface area contributed by atoms with Gasteiger partial charge in [0.2, 0.25) is 0 Å². The molecule has 0 bridgehead atoms. The SMILES string of the molecule is CC(C)Oc1ccc(N2CCN(C)CC2)cc1. The van der Waals surface area contributed by atoms with Gasteiger partial charge in [-0.1, -0.05) is 0 Å². The number of ether oxygens (including phenoxy) is 1. The van der Waals surface area contributed by atoms with Gasteiger partial charge in [-0.05, 0) is 45.2 Å². The monoisotopic (exact) mass is 234 g/mol. The second kappa shape index (κ2) is 5.41. The minimum atomic E-state index is 0.240. The van der Waals surface area contributed by atoms with Crippen LogP contribution in [0.15, 0.2) is 24.3 Å². The lowest BCUT2D eigenvalue weighted by atomic mass is 10.2. The van der Waals surface area contributed by atoms with Gasteiger partial charge < -0.3 is 14.5 Å². The number of benzene rings is 1. The van der Waals surface area contributed by atoms with E-state index in [0.29, 0.717) is 0 Å². The number of likely N-dealkylation sites (N-methyl/N-ethyl adjacent to an activating group) is 1. The fraction of sp³-hybridized carbons (Fsp3) is 0.571. The van der Waals surface area contributed by atoms with E-state index >= 15 is 0 Å². The Labute approximate surface area is 104 Å². The fourth-order valence-electron chi connectivity index (χ4n) is 2.07. The van der Waals surface area contributed by atoms with E-state index in [4.69, 9.17) is 4.74 Å². The van der Waals surface area contributed by atoms with Crippen molar-refractivity contribution in [3.63, 3.8) is 0 Å². The van der Waals surface area contributed by atoms with Crippen LogP contribution in [-0.2, 0) is 0 Å². The van der Waals surface area contributed by atoms with Gasteiger partial charge in [-0.25, -0.2) is 0 Å². The molecular weight excluding hydrogens is 212 g/mol. The third kappa shape index (κ3) is 3.37. The van der Waals surface area contributed by atoms with Gasteiger partial charge in [0.25, 0.3) is 0 Å². The third-order valence-corrected chi connectivity index (χ3v) is 3.08. The van der Waals surface area contributed by atoms with E-state index in [0.717, 1.165) is 31.9 Å². The molecule has 3 nitrogen and oxygen atoms in total. The molecule has 3 heteroatoms. The molecule has 2 rings (SSSR count). The summed E-state index contributed by atoms with van der Waals surface area (Å²) in [6.45, 7) is 8.61. The molecule has 0 atom stereocenters. The van der Waals surface area contributed by atoms with Crippen molar-refractivity contribution in [1.82, 2.24) is 4.90 Å². The van der Waals surface area contributed by atoms with Gasteiger partial charge in [0.15, 0.2) is 0 Å². The summed E-state index contributed by atoms with van der Waals surface area (Å²) in [6, 6.07) is 8.44. The molecule has 1 aliphatic heterocycles. The molecule has 17 heavy (non-hydrogen) atoms. The second-order valence-corrected chi connectivity index (χ2v) is 4.95. The summed E-state index contributed by atoms with van der Waals surface area (Å²) in [5.74, 6) is 0.956. The first-order valence-electron chi connectivity index (χ1n) is 6.35. The van der Waals surface area contributed by atoms with Crippen LogP contribution < -0.4 is 9.64 Å². The molecule has 1 fully saturated rings. The third-order valence-electron chi connectivity index (χ3n) is 3.08. The largest absolute Gasteiger partial charge is 0.491 e. The molecule has 0 aromatic heterocycles. The van der Waals surface area contributed by atoms with Gasteiger partial charge in [-0.15, -0.1) is 0 Å². The highest BCUT2D eigenvalue weighted by Crippen LogP contribution is 2.21. The number of anilines is 1. The molecule has 1 heterocycles. The zero-order chi connectivity index (χ0) is 12.3. The van der Waals surface area contributed by atoms with Crippen LogP contribution in [-0.4, -0.2) is 44.2 Å². The van der Waals surface area contributed by atoms with E-state index in [1.165, 1.54) is 5.69 Å². The Bertz CT molecular complexity index is 340. The zero-order valence-electron chi connectivity index (χ0n) is 11.0. The Kier molecular flexibility index (Phi) is 3.89. The first-order chi connectivity index (χ1) is 8.15. The van der Waals surface area contributed by atoms with Crippen LogP contribution in [0.1, 0.15) is 13.8 Å². The Morgan fingerprint density at radius 3 is 2.12 bits per heavy atom. The lowest BCUT2D eigenvalue weighted by Gasteiger charge is -2.34. The van der Waals surface area contributed by atoms with Crippen molar-refractivity contribution in [2.75, 3.05) is 38.1 Å². The number of piperazine rings is 1. The molecule has 0 N–H and O–H groups in total. The average molecular weight is 234 g/mol. The molecule has 0 radical (unpaired) electrons. The molecule has 0 spiro atoms. The summed E-state index contributed by atoms with van der Waals surface area (Å²) in [5, 5.41) is 0. The minimum Gasteiger partial charge on any atom is -0.491 e. The highest BCUT2D eigenvalue weighted by atomic mass is 16.5. The van der Waals surface area contributed by atoms with Crippen molar-refractivity contribution in [2.45, 2.75) is 20.0 Å². The van der Waals surface area contributed by atoms with Crippen molar-refractivity contribution >= 4 is 5.69 Å². The van der Waals surface area contributed by atoms with Crippen molar-refractivity contribution in [3.8, 4) is 5.75 Å². The topological polar surface area (TPSA) is 15.7 Å². The van der Waals surface area contributed by atoms with E-state index in [1.807, 2.05) is 13.8 Å². The molecule has 0 aliphatic carbocycles. The maximum Gasteiger partial charge on any atom is 0.119 e. The van der Waals surface area contributed by atoms with Crippen LogP contribution in [0, 0.1) is 0 Å². The van der Waals surface area contributed by atoms with Crippen molar-refractivity contribution in [2.24, 2.45) is 0 Å². The fourth-order valence-corrected chi connectivity index (χ4v) is 2.07. The lowest BCUT2D eigenvalue weighted by molar-refractivity contribution is 0.242. The molecule has 1 aromatic carbocycles. The van der Waals surface area contributed by atoms with Crippen LogP contribution in [0.4, 0.5) is 5.69 Å². The Balaban J connectivity index is 1.97. The van der Waals surface area contributed by atoms with Crippen molar-refractivity contribution in [1.29, 1.82) is 0 Å². The molecular formula is C14H22N2O. The standard InChI is InChI=1S/C14H22N2O/c1-12(2)17-14-6-4-13(5-7-14)16-10-8-15(3)9-11-16/h4-7,12H,8-11H2,1-3H3. The van der Waals surface area contributed by atoms with Crippen LogP contribution in [0.25, 0.3) is 0 Å². The first kappa shape index (κ1) is 12.2. The number of nitrogens with zero attached hydrogens (tertiary/aromatic N) is 2. The Morgan fingerprint density at radius 1 is 1.00 bits per heavy atom. The molecule has 1 saturated heterocycles.